The number of hydrogen-bond donors (Lipinski definition) is 2. The van der Waals surface area contributed by atoms with E-state index >= 15 is 0 Å². The Morgan fingerprint density at radius 3 is 1.93 bits per heavy atom. The summed E-state index contributed by atoms with van der Waals surface area (Å²) in [6, 6.07) is 0.951. The van der Waals surface area contributed by atoms with E-state index in [2.05, 4.69) is 48.2 Å². The van der Waals surface area contributed by atoms with Gasteiger partial charge in [0.05, 0.1) is 0 Å². The van der Waals surface area contributed by atoms with Gasteiger partial charge in [0.1, 0.15) is 0 Å². The first-order valence-electron chi connectivity index (χ1n) is 16.4. The maximum atomic E-state index is 13.9. The number of hydrogen-bond acceptors (Lipinski definition) is 4. The molecule has 2 saturated carbocycles. The van der Waals surface area contributed by atoms with Crippen molar-refractivity contribution in [2.75, 3.05) is 13.6 Å². The minimum absolute atomic E-state index is 0.0507. The second-order valence-electron chi connectivity index (χ2n) is 14.0. The van der Waals surface area contributed by atoms with E-state index in [0.29, 0.717) is 44.3 Å². The number of rotatable bonds is 10. The second-order valence-corrected chi connectivity index (χ2v) is 14.0. The molecule has 230 valence electrons. The van der Waals surface area contributed by atoms with E-state index in [0.717, 1.165) is 32.1 Å². The molecule has 3 aliphatic rings. The largest absolute Gasteiger partial charge is 0.337 e. The summed E-state index contributed by atoms with van der Waals surface area (Å²) in [7, 11) is 1.55. The van der Waals surface area contributed by atoms with Crippen molar-refractivity contribution >= 4 is 17.8 Å². The molecule has 0 atom stereocenters. The zero-order valence-corrected chi connectivity index (χ0v) is 26.5. The molecule has 2 aliphatic carbocycles. The van der Waals surface area contributed by atoms with E-state index in [1.165, 1.54) is 56.4 Å². The fourth-order valence-corrected chi connectivity index (χ4v) is 8.17. The maximum Gasteiger partial charge on any atom is 0.335 e. The predicted octanol–water partition coefficient (Wildman–Crippen LogP) is 6.15. The van der Waals surface area contributed by atoms with Crippen molar-refractivity contribution < 1.29 is 14.4 Å². The third-order valence-corrected chi connectivity index (χ3v) is 9.53. The molecule has 0 aromatic rings. The smallest absolute Gasteiger partial charge is 0.335 e. The molecule has 3 fully saturated rings. The Labute approximate surface area is 244 Å². The molecule has 2 N–H and O–H groups in total. The Hall–Kier alpha value is -1.83. The molecular formula is C32H59N5O3. The maximum absolute atomic E-state index is 13.9. The lowest BCUT2D eigenvalue weighted by molar-refractivity contribution is -0.147. The van der Waals surface area contributed by atoms with Gasteiger partial charge in [-0.1, -0.05) is 45.4 Å². The molecule has 0 bridgehead atoms. The Morgan fingerprint density at radius 2 is 1.35 bits per heavy atom. The van der Waals surface area contributed by atoms with Crippen molar-refractivity contribution in [3.8, 4) is 0 Å². The molecule has 8 heteroatoms. The molecular weight excluding hydrogens is 502 g/mol. The van der Waals surface area contributed by atoms with Crippen LogP contribution in [0, 0.1) is 0 Å². The number of urea groups is 1. The number of carbonyl (C=O) groups is 3. The SMILES string of the molecule is CCCNC(=O)N(C)NC(=O)CCCCC(=O)N(C1CCCCC1)C1CC(C)(C)N(C2CCCCC2)C(C)(C)C1. The Bertz CT molecular complexity index is 814. The summed E-state index contributed by atoms with van der Waals surface area (Å²) in [4.78, 5) is 43.4. The highest BCUT2D eigenvalue weighted by Crippen LogP contribution is 2.45. The van der Waals surface area contributed by atoms with Gasteiger partial charge in [-0.05, 0) is 85.5 Å². The first-order chi connectivity index (χ1) is 19.0. The topological polar surface area (TPSA) is 85.0 Å². The highest BCUT2D eigenvalue weighted by atomic mass is 16.2. The molecule has 0 radical (unpaired) electrons. The number of amides is 4. The van der Waals surface area contributed by atoms with Gasteiger partial charge >= 0.3 is 6.03 Å². The summed E-state index contributed by atoms with van der Waals surface area (Å²) in [5.41, 5.74) is 2.74. The van der Waals surface area contributed by atoms with Crippen LogP contribution in [-0.4, -0.2) is 75.5 Å². The van der Waals surface area contributed by atoms with E-state index in [1.807, 2.05) is 6.92 Å². The van der Waals surface area contributed by atoms with Gasteiger partial charge in [-0.3, -0.25) is 19.9 Å². The zero-order chi connectivity index (χ0) is 29.3. The van der Waals surface area contributed by atoms with Crippen LogP contribution < -0.4 is 10.7 Å². The van der Waals surface area contributed by atoms with Crippen LogP contribution in [0.3, 0.4) is 0 Å². The number of hydrazine groups is 1. The highest BCUT2D eigenvalue weighted by molar-refractivity contribution is 5.81. The van der Waals surface area contributed by atoms with Crippen molar-refractivity contribution in [2.24, 2.45) is 0 Å². The summed E-state index contributed by atoms with van der Waals surface area (Å²) in [6.07, 6.45) is 17.6. The molecule has 1 heterocycles. The van der Waals surface area contributed by atoms with E-state index in [4.69, 9.17) is 0 Å². The average molecular weight is 562 g/mol. The van der Waals surface area contributed by atoms with E-state index in [9.17, 15) is 14.4 Å². The van der Waals surface area contributed by atoms with Gasteiger partial charge in [-0.15, -0.1) is 0 Å². The molecule has 4 amide bonds. The van der Waals surface area contributed by atoms with Gasteiger partial charge in [0.15, 0.2) is 0 Å². The fourth-order valence-electron chi connectivity index (χ4n) is 8.17. The minimum Gasteiger partial charge on any atom is -0.337 e. The molecule has 0 aromatic carbocycles. The Balaban J connectivity index is 1.60. The number of likely N-dealkylation sites (tertiary alicyclic amines) is 1. The number of unbranched alkanes of at least 4 members (excludes halogenated alkanes) is 1. The molecule has 0 unspecified atom stereocenters. The normalized spacial score (nSPS) is 22.4. The summed E-state index contributed by atoms with van der Waals surface area (Å²) in [5, 5.41) is 3.95. The van der Waals surface area contributed by atoms with Gasteiger partial charge in [0.2, 0.25) is 11.8 Å². The zero-order valence-electron chi connectivity index (χ0n) is 26.5. The molecule has 1 saturated heterocycles. The Morgan fingerprint density at radius 1 is 0.800 bits per heavy atom. The van der Waals surface area contributed by atoms with Crippen LogP contribution in [0.1, 0.15) is 144 Å². The van der Waals surface area contributed by atoms with Gasteiger partial charge in [-0.2, -0.15) is 0 Å². The van der Waals surface area contributed by atoms with Gasteiger partial charge < -0.3 is 10.2 Å². The molecule has 1 aliphatic heterocycles. The van der Waals surface area contributed by atoms with Crippen LogP contribution in [0.4, 0.5) is 4.79 Å². The lowest BCUT2D eigenvalue weighted by Gasteiger charge is -2.61. The molecule has 0 spiro atoms. The molecule has 8 nitrogen and oxygen atoms in total. The van der Waals surface area contributed by atoms with Crippen LogP contribution in [0.2, 0.25) is 0 Å². The monoisotopic (exact) mass is 561 g/mol. The first-order valence-corrected chi connectivity index (χ1v) is 16.4. The standard InChI is InChI=1S/C32H59N5O3/c1-7-22-33-30(40)35(6)34-28(38)20-14-15-21-29(39)36(25-16-10-8-11-17-25)27-23-31(2,3)37(32(4,5)24-27)26-18-12-9-13-19-26/h25-27H,7-24H2,1-6H3,(H,33,40)(H,34,38). The van der Waals surface area contributed by atoms with Crippen LogP contribution >= 0.6 is 0 Å². The summed E-state index contributed by atoms with van der Waals surface area (Å²) < 4.78 is 0. The van der Waals surface area contributed by atoms with Crippen molar-refractivity contribution in [3.05, 3.63) is 0 Å². The van der Waals surface area contributed by atoms with Gasteiger partial charge in [-0.25, -0.2) is 9.80 Å². The summed E-state index contributed by atoms with van der Waals surface area (Å²) >= 11 is 0. The van der Waals surface area contributed by atoms with Crippen molar-refractivity contribution in [1.29, 1.82) is 0 Å². The van der Waals surface area contributed by atoms with Gasteiger partial charge in [0.25, 0.3) is 0 Å². The van der Waals surface area contributed by atoms with Crippen LogP contribution in [0.25, 0.3) is 0 Å². The quantitative estimate of drug-likeness (QED) is 0.248. The number of carbonyl (C=O) groups excluding carboxylic acids is 3. The summed E-state index contributed by atoms with van der Waals surface area (Å²) in [6.45, 7) is 12.2. The van der Waals surface area contributed by atoms with Crippen molar-refractivity contribution in [1.82, 2.24) is 25.6 Å². The minimum atomic E-state index is -0.311. The third-order valence-electron chi connectivity index (χ3n) is 9.53. The second kappa shape index (κ2) is 14.9. The number of piperidine rings is 1. The van der Waals surface area contributed by atoms with Gasteiger partial charge in [0, 0.05) is 55.6 Å². The van der Waals surface area contributed by atoms with E-state index in [1.54, 1.807) is 7.05 Å². The van der Waals surface area contributed by atoms with Crippen LogP contribution in [0.15, 0.2) is 0 Å². The average Bonchev–Trinajstić information content (AvgIpc) is 2.89. The molecule has 3 rings (SSSR count). The Kier molecular flexibility index (Phi) is 12.2. The van der Waals surface area contributed by atoms with E-state index < -0.39 is 0 Å². The lowest BCUT2D eigenvalue weighted by atomic mass is 9.73. The van der Waals surface area contributed by atoms with Crippen molar-refractivity contribution in [2.45, 2.75) is 173 Å². The van der Waals surface area contributed by atoms with E-state index in [-0.39, 0.29) is 35.0 Å². The first kappa shape index (κ1) is 32.7. The number of nitrogens with zero attached hydrogens (tertiary/aromatic N) is 3. The van der Waals surface area contributed by atoms with Crippen molar-refractivity contribution in [3.63, 3.8) is 0 Å². The van der Waals surface area contributed by atoms with Crippen LogP contribution in [0.5, 0.6) is 0 Å². The summed E-state index contributed by atoms with van der Waals surface area (Å²) in [5.74, 6) is 0.0791. The molecule has 0 aromatic heterocycles. The third kappa shape index (κ3) is 8.83. The highest BCUT2D eigenvalue weighted by Gasteiger charge is 2.50. The molecule has 40 heavy (non-hydrogen) atoms. The fraction of sp³-hybridized carbons (Fsp3) is 0.906. The van der Waals surface area contributed by atoms with Crippen LogP contribution in [-0.2, 0) is 9.59 Å². The number of nitrogens with one attached hydrogen (secondary N) is 2. The lowest BCUT2D eigenvalue weighted by Crippen LogP contribution is -2.68. The predicted molar refractivity (Wildman–Crippen MR) is 162 cm³/mol.